The molecule has 0 aliphatic heterocycles. The summed E-state index contributed by atoms with van der Waals surface area (Å²) in [6.45, 7) is 6.46. The molecule has 0 aromatic heterocycles. The molecule has 0 radical (unpaired) electrons. The Bertz CT molecular complexity index is 1490. The second-order valence-electron chi connectivity index (χ2n) is 21.3. The Balaban J connectivity index is 4.26. The van der Waals surface area contributed by atoms with Gasteiger partial charge in [0.05, 0.1) is 0 Å². The van der Waals surface area contributed by atoms with Crippen LogP contribution in [0.1, 0.15) is 310 Å². The molecule has 0 heterocycles. The third-order valence-corrected chi connectivity index (χ3v) is 13.8. The van der Waals surface area contributed by atoms with Crippen molar-refractivity contribution >= 4 is 17.9 Å². The second kappa shape index (κ2) is 63.9. The largest absolute Gasteiger partial charge is 0.462 e. The van der Waals surface area contributed by atoms with Gasteiger partial charge in [-0.1, -0.05) is 272 Å². The molecule has 6 heteroatoms. The molecule has 1 atom stereocenters. The van der Waals surface area contributed by atoms with Crippen molar-refractivity contribution in [2.24, 2.45) is 0 Å². The molecule has 0 N–H and O–H groups in total. The summed E-state index contributed by atoms with van der Waals surface area (Å²) >= 11 is 0. The molecule has 0 aromatic carbocycles. The Morgan fingerprint density at radius 2 is 0.526 bits per heavy atom. The van der Waals surface area contributed by atoms with Crippen LogP contribution in [0.25, 0.3) is 0 Å². The lowest BCUT2D eigenvalue weighted by Crippen LogP contribution is -2.30. The van der Waals surface area contributed by atoms with Crippen LogP contribution in [0.5, 0.6) is 0 Å². The Morgan fingerprint density at radius 1 is 0.276 bits per heavy atom. The van der Waals surface area contributed by atoms with Crippen molar-refractivity contribution in [2.75, 3.05) is 13.2 Å². The fourth-order valence-electron chi connectivity index (χ4n) is 8.98. The van der Waals surface area contributed by atoms with Crippen LogP contribution in [-0.4, -0.2) is 37.2 Å². The van der Waals surface area contributed by atoms with Gasteiger partial charge >= 0.3 is 17.9 Å². The Labute approximate surface area is 470 Å². The standard InChI is InChI=1S/C70H120O6/c1-4-7-10-13-16-19-22-25-27-29-30-31-32-33-34-35-36-37-38-39-40-42-43-45-48-51-54-57-60-63-69(72)75-66-67(65-74-68(71)62-59-56-53-50-47-24-21-18-15-12-9-6-3)76-70(73)64-61-58-55-52-49-46-44-41-28-26-23-20-17-14-11-8-5-2/h8,11,17-18,20-22,25-26,28-30,44,46,52,55,67H,4-7,9-10,12-16,19,23-24,27,31-43,45,47-51,53-54,56-66H2,1-3H3/b11-8-,20-17-,21-18-,25-22-,28-26-,30-29-,46-44-,55-52-. The van der Waals surface area contributed by atoms with E-state index >= 15 is 0 Å². The topological polar surface area (TPSA) is 78.9 Å². The maximum Gasteiger partial charge on any atom is 0.306 e. The van der Waals surface area contributed by atoms with E-state index in [0.29, 0.717) is 19.3 Å². The van der Waals surface area contributed by atoms with Gasteiger partial charge in [0.1, 0.15) is 13.2 Å². The molecule has 0 aromatic rings. The molecule has 1 unspecified atom stereocenters. The van der Waals surface area contributed by atoms with Crippen molar-refractivity contribution in [2.45, 2.75) is 316 Å². The van der Waals surface area contributed by atoms with Crippen LogP contribution in [0.4, 0.5) is 0 Å². The van der Waals surface area contributed by atoms with E-state index in [2.05, 4.69) is 118 Å². The van der Waals surface area contributed by atoms with Gasteiger partial charge in [0, 0.05) is 19.3 Å². The number of esters is 3. The molecule has 0 bridgehead atoms. The van der Waals surface area contributed by atoms with E-state index in [1.165, 1.54) is 167 Å². The lowest BCUT2D eigenvalue weighted by Gasteiger charge is -2.18. The summed E-state index contributed by atoms with van der Waals surface area (Å²) in [7, 11) is 0. The van der Waals surface area contributed by atoms with Crippen molar-refractivity contribution in [3.8, 4) is 0 Å². The molecule has 0 aliphatic carbocycles. The fraction of sp³-hybridized carbons (Fsp3) is 0.729. The summed E-state index contributed by atoms with van der Waals surface area (Å²) in [5.74, 6) is -0.962. The van der Waals surface area contributed by atoms with Crippen LogP contribution in [-0.2, 0) is 28.6 Å². The zero-order valence-corrected chi connectivity index (χ0v) is 50.0. The molecule has 6 nitrogen and oxygen atoms in total. The maximum atomic E-state index is 12.9. The lowest BCUT2D eigenvalue weighted by molar-refractivity contribution is -0.167. The minimum atomic E-state index is -0.811. The highest BCUT2D eigenvalue weighted by Gasteiger charge is 2.19. The third kappa shape index (κ3) is 61.2. The Morgan fingerprint density at radius 3 is 0.882 bits per heavy atom. The van der Waals surface area contributed by atoms with E-state index in [9.17, 15) is 14.4 Å². The third-order valence-electron chi connectivity index (χ3n) is 13.8. The van der Waals surface area contributed by atoms with E-state index < -0.39 is 6.10 Å². The predicted octanol–water partition coefficient (Wildman–Crippen LogP) is 22.0. The summed E-state index contributed by atoms with van der Waals surface area (Å²) < 4.78 is 16.8. The Hall–Kier alpha value is -3.67. The summed E-state index contributed by atoms with van der Waals surface area (Å²) in [6.07, 6.45) is 85.8. The molecule has 436 valence electrons. The molecule has 0 rings (SSSR count). The molecule has 0 aliphatic rings. The van der Waals surface area contributed by atoms with Gasteiger partial charge in [-0.2, -0.15) is 0 Å². The molecule has 0 spiro atoms. The van der Waals surface area contributed by atoms with Gasteiger partial charge in [0.15, 0.2) is 6.10 Å². The number of carbonyl (C=O) groups excluding carboxylic acids is 3. The number of allylic oxidation sites excluding steroid dienone is 16. The first-order valence-corrected chi connectivity index (χ1v) is 32.2. The van der Waals surface area contributed by atoms with E-state index in [4.69, 9.17) is 14.2 Å². The van der Waals surface area contributed by atoms with E-state index in [0.717, 1.165) is 96.3 Å². The van der Waals surface area contributed by atoms with Crippen LogP contribution < -0.4 is 0 Å². The first kappa shape index (κ1) is 72.3. The van der Waals surface area contributed by atoms with Gasteiger partial charge in [-0.05, 0) is 116 Å². The SMILES string of the molecule is CC/C=C\C/C=C\C/C=C\C/C=C\C/C=C\CCCC(=O)OC(COC(=O)CCCCCCC/C=C\CCCCC)COC(=O)CCCCCCCCCCCCCCCCCCC/C=C\C/C=C\CCCCCCC. The number of unbranched alkanes of at least 4 members (excludes halogenated alkanes) is 31. The van der Waals surface area contributed by atoms with Gasteiger partial charge in [-0.15, -0.1) is 0 Å². The van der Waals surface area contributed by atoms with Gasteiger partial charge in [0.2, 0.25) is 0 Å². The molecule has 0 amide bonds. The van der Waals surface area contributed by atoms with Gasteiger partial charge in [0.25, 0.3) is 0 Å². The number of hydrogen-bond acceptors (Lipinski definition) is 6. The average Bonchev–Trinajstić information content (AvgIpc) is 3.42. The van der Waals surface area contributed by atoms with Crippen molar-refractivity contribution in [3.63, 3.8) is 0 Å². The molecular weight excluding hydrogens is 937 g/mol. The first-order valence-electron chi connectivity index (χ1n) is 32.2. The van der Waals surface area contributed by atoms with E-state index in [-0.39, 0.29) is 37.5 Å². The quantitative estimate of drug-likeness (QED) is 0.0261. The predicted molar refractivity (Wildman–Crippen MR) is 330 cm³/mol. The number of carbonyl (C=O) groups is 3. The second-order valence-corrected chi connectivity index (χ2v) is 21.3. The summed E-state index contributed by atoms with van der Waals surface area (Å²) in [6, 6.07) is 0. The van der Waals surface area contributed by atoms with E-state index in [1.54, 1.807) is 0 Å². The van der Waals surface area contributed by atoms with Crippen molar-refractivity contribution in [1.29, 1.82) is 0 Å². The number of ether oxygens (including phenoxy) is 3. The van der Waals surface area contributed by atoms with Gasteiger partial charge in [-0.3, -0.25) is 14.4 Å². The van der Waals surface area contributed by atoms with Crippen molar-refractivity contribution in [1.82, 2.24) is 0 Å². The zero-order chi connectivity index (χ0) is 55.0. The van der Waals surface area contributed by atoms with E-state index in [1.807, 2.05) is 0 Å². The van der Waals surface area contributed by atoms with Gasteiger partial charge in [-0.25, -0.2) is 0 Å². The molecule has 0 saturated heterocycles. The first-order chi connectivity index (χ1) is 37.5. The average molecular weight is 1060 g/mol. The molecule has 0 saturated carbocycles. The minimum Gasteiger partial charge on any atom is -0.462 e. The lowest BCUT2D eigenvalue weighted by atomic mass is 10.0. The zero-order valence-electron chi connectivity index (χ0n) is 50.0. The van der Waals surface area contributed by atoms with Crippen LogP contribution in [0.15, 0.2) is 97.2 Å². The number of hydrogen-bond donors (Lipinski definition) is 0. The summed E-state index contributed by atoms with van der Waals surface area (Å²) in [5, 5.41) is 0. The normalized spacial score (nSPS) is 12.7. The van der Waals surface area contributed by atoms with Crippen LogP contribution >= 0.6 is 0 Å². The highest BCUT2D eigenvalue weighted by atomic mass is 16.6. The fourth-order valence-corrected chi connectivity index (χ4v) is 8.98. The minimum absolute atomic E-state index is 0.101. The smallest absolute Gasteiger partial charge is 0.306 e. The summed E-state index contributed by atoms with van der Waals surface area (Å²) in [4.78, 5) is 38.2. The Kier molecular flexibility index (Phi) is 60.8. The monoisotopic (exact) mass is 1060 g/mol. The summed E-state index contributed by atoms with van der Waals surface area (Å²) in [5.41, 5.74) is 0. The number of rotatable bonds is 58. The highest BCUT2D eigenvalue weighted by Crippen LogP contribution is 2.16. The van der Waals surface area contributed by atoms with Crippen molar-refractivity contribution < 1.29 is 28.6 Å². The highest BCUT2D eigenvalue weighted by molar-refractivity contribution is 5.71. The van der Waals surface area contributed by atoms with Crippen LogP contribution in [0.3, 0.4) is 0 Å². The van der Waals surface area contributed by atoms with Crippen molar-refractivity contribution in [3.05, 3.63) is 97.2 Å². The maximum absolute atomic E-state index is 12.9. The molecular formula is C70H120O6. The molecule has 76 heavy (non-hydrogen) atoms. The van der Waals surface area contributed by atoms with Crippen LogP contribution in [0, 0.1) is 0 Å². The molecule has 0 fully saturated rings. The van der Waals surface area contributed by atoms with Crippen LogP contribution in [0.2, 0.25) is 0 Å². The van der Waals surface area contributed by atoms with Gasteiger partial charge < -0.3 is 14.2 Å².